The van der Waals surface area contributed by atoms with Gasteiger partial charge >= 0.3 is 0 Å². The number of amides is 1. The molecule has 0 spiro atoms. The largest absolute Gasteiger partial charge is 0.310 e. The molecule has 1 aliphatic rings. The molecule has 2 rings (SSSR count). The number of rotatable bonds is 4. The number of nitrogens with zero attached hydrogens (tertiary/aromatic N) is 1. The van der Waals surface area contributed by atoms with Crippen LogP contribution in [0.4, 0.5) is 5.69 Å². The third kappa shape index (κ3) is 3.77. The van der Waals surface area contributed by atoms with Crippen molar-refractivity contribution >= 4 is 21.4 Å². The Bertz CT molecular complexity index is 705. The minimum atomic E-state index is -3.12. The van der Waals surface area contributed by atoms with E-state index in [1.54, 1.807) is 11.0 Å². The molecule has 0 radical (unpaired) electrons. The van der Waals surface area contributed by atoms with E-state index in [0.29, 0.717) is 0 Å². The second-order valence-corrected chi connectivity index (χ2v) is 8.20. The van der Waals surface area contributed by atoms with Gasteiger partial charge in [-0.15, -0.1) is 0 Å². The molecule has 22 heavy (non-hydrogen) atoms. The molecule has 4 nitrogen and oxygen atoms in total. The second kappa shape index (κ2) is 6.24. The Kier molecular flexibility index (Phi) is 4.75. The summed E-state index contributed by atoms with van der Waals surface area (Å²) in [5.41, 5.74) is 3.05. The molecule has 0 aliphatic carbocycles. The maximum atomic E-state index is 12.7. The lowest BCUT2D eigenvalue weighted by Gasteiger charge is -2.29. The second-order valence-electron chi connectivity index (χ2n) is 6.27. The smallest absolute Gasteiger partial charge is 0.227 e. The highest BCUT2D eigenvalue weighted by Crippen LogP contribution is 2.27. The average molecular weight is 321 g/mol. The maximum absolute atomic E-state index is 12.7. The number of hydrogen-bond acceptors (Lipinski definition) is 3. The Morgan fingerprint density at radius 3 is 2.55 bits per heavy atom. The van der Waals surface area contributed by atoms with Gasteiger partial charge in [0.15, 0.2) is 9.84 Å². The van der Waals surface area contributed by atoms with Crippen LogP contribution in [0, 0.1) is 19.8 Å². The van der Waals surface area contributed by atoms with E-state index < -0.39 is 9.84 Å². The first-order valence-electron chi connectivity index (χ1n) is 7.50. The summed E-state index contributed by atoms with van der Waals surface area (Å²) in [5.74, 6) is -0.211. The van der Waals surface area contributed by atoms with Crippen LogP contribution < -0.4 is 4.90 Å². The van der Waals surface area contributed by atoms with Crippen molar-refractivity contribution < 1.29 is 13.2 Å². The van der Waals surface area contributed by atoms with Crippen molar-refractivity contribution in [2.24, 2.45) is 5.92 Å². The van der Waals surface area contributed by atoms with E-state index in [1.165, 1.54) is 5.41 Å². The van der Waals surface area contributed by atoms with E-state index in [1.807, 2.05) is 45.9 Å². The molecule has 5 heteroatoms. The van der Waals surface area contributed by atoms with Gasteiger partial charge < -0.3 is 4.90 Å². The van der Waals surface area contributed by atoms with Gasteiger partial charge in [-0.2, -0.15) is 0 Å². The predicted octanol–water partition coefficient (Wildman–Crippen LogP) is 2.99. The van der Waals surface area contributed by atoms with Crippen molar-refractivity contribution in [3.8, 4) is 0 Å². The van der Waals surface area contributed by atoms with Gasteiger partial charge in [-0.25, -0.2) is 8.42 Å². The van der Waals surface area contributed by atoms with Gasteiger partial charge in [0, 0.05) is 29.5 Å². The SMILES string of the molecule is Cc1ccc(C)c(N(C(=O)C[C@@H]2C=CS(=O)(=O)C2)C(C)C)c1. The zero-order valence-corrected chi connectivity index (χ0v) is 14.4. The highest BCUT2D eigenvalue weighted by atomic mass is 32.2. The van der Waals surface area contributed by atoms with Gasteiger partial charge in [0.2, 0.25) is 5.91 Å². The fraction of sp³-hybridized carbons (Fsp3) is 0.471. The Morgan fingerprint density at radius 1 is 1.32 bits per heavy atom. The summed E-state index contributed by atoms with van der Waals surface area (Å²) >= 11 is 0. The Hall–Kier alpha value is -1.62. The molecular weight excluding hydrogens is 298 g/mol. The van der Waals surface area contributed by atoms with Gasteiger partial charge in [-0.1, -0.05) is 18.2 Å². The molecule has 0 saturated carbocycles. The summed E-state index contributed by atoms with van der Waals surface area (Å²) in [6, 6.07) is 6.06. The molecule has 1 aromatic rings. The van der Waals surface area contributed by atoms with E-state index in [4.69, 9.17) is 0 Å². The van der Waals surface area contributed by atoms with Gasteiger partial charge in [0.25, 0.3) is 0 Å². The van der Waals surface area contributed by atoms with Crippen LogP contribution in [0.1, 0.15) is 31.4 Å². The van der Waals surface area contributed by atoms with Gasteiger partial charge in [0.1, 0.15) is 0 Å². The van der Waals surface area contributed by atoms with E-state index in [2.05, 4.69) is 0 Å². The van der Waals surface area contributed by atoms with Crippen molar-refractivity contribution in [3.05, 3.63) is 40.8 Å². The molecule has 0 bridgehead atoms. The van der Waals surface area contributed by atoms with Gasteiger partial charge in [-0.05, 0) is 44.9 Å². The van der Waals surface area contributed by atoms with Gasteiger partial charge in [0.05, 0.1) is 5.75 Å². The average Bonchev–Trinajstić information content (AvgIpc) is 2.72. The zero-order valence-electron chi connectivity index (χ0n) is 13.5. The first-order valence-corrected chi connectivity index (χ1v) is 9.21. The van der Waals surface area contributed by atoms with Crippen LogP contribution in [0.15, 0.2) is 29.7 Å². The van der Waals surface area contributed by atoms with E-state index in [-0.39, 0.29) is 30.0 Å². The zero-order chi connectivity index (χ0) is 16.5. The number of benzene rings is 1. The number of aryl methyl sites for hydroxylation is 2. The minimum Gasteiger partial charge on any atom is -0.310 e. The number of allylic oxidation sites excluding steroid dienone is 1. The van der Waals surface area contributed by atoms with Crippen molar-refractivity contribution in [1.29, 1.82) is 0 Å². The molecule has 1 heterocycles. The first kappa shape index (κ1) is 16.7. The van der Waals surface area contributed by atoms with Crippen molar-refractivity contribution in [3.63, 3.8) is 0 Å². The monoisotopic (exact) mass is 321 g/mol. The summed E-state index contributed by atoms with van der Waals surface area (Å²) in [5, 5.41) is 1.22. The van der Waals surface area contributed by atoms with E-state index >= 15 is 0 Å². The topological polar surface area (TPSA) is 54.5 Å². The highest BCUT2D eigenvalue weighted by molar-refractivity contribution is 7.94. The Labute approximate surface area is 132 Å². The lowest BCUT2D eigenvalue weighted by molar-refractivity contribution is -0.119. The summed E-state index contributed by atoms with van der Waals surface area (Å²) in [6.07, 6.45) is 1.86. The van der Waals surface area contributed by atoms with Crippen LogP contribution in [0.5, 0.6) is 0 Å². The minimum absolute atomic E-state index is 0.0231. The molecule has 1 aliphatic heterocycles. The van der Waals surface area contributed by atoms with Crippen LogP contribution in [0.2, 0.25) is 0 Å². The number of anilines is 1. The quantitative estimate of drug-likeness (QED) is 0.856. The molecule has 120 valence electrons. The van der Waals surface area contributed by atoms with Crippen molar-refractivity contribution in [2.45, 2.75) is 40.2 Å². The van der Waals surface area contributed by atoms with Crippen molar-refractivity contribution in [1.82, 2.24) is 0 Å². The Balaban J connectivity index is 2.23. The molecular formula is C17H23NO3S. The highest BCUT2D eigenvalue weighted by Gasteiger charge is 2.28. The van der Waals surface area contributed by atoms with E-state index in [9.17, 15) is 13.2 Å². The lowest BCUT2D eigenvalue weighted by Crippen LogP contribution is -2.38. The molecule has 0 unspecified atom stereocenters. The van der Waals surface area contributed by atoms with Crippen LogP contribution in [-0.4, -0.2) is 26.1 Å². The van der Waals surface area contributed by atoms with Crippen molar-refractivity contribution in [2.75, 3.05) is 10.7 Å². The van der Waals surface area contributed by atoms with Gasteiger partial charge in [-0.3, -0.25) is 4.79 Å². The third-order valence-electron chi connectivity index (χ3n) is 3.85. The summed E-state index contributed by atoms with van der Waals surface area (Å²) in [7, 11) is -3.12. The van der Waals surface area contributed by atoms with Crippen LogP contribution >= 0.6 is 0 Å². The molecule has 1 amide bonds. The Morgan fingerprint density at radius 2 is 2.00 bits per heavy atom. The number of sulfone groups is 1. The van der Waals surface area contributed by atoms with Crippen LogP contribution in [-0.2, 0) is 14.6 Å². The summed E-state index contributed by atoms with van der Waals surface area (Å²) < 4.78 is 23.0. The molecule has 0 fully saturated rings. The maximum Gasteiger partial charge on any atom is 0.227 e. The molecule has 0 saturated heterocycles. The number of hydrogen-bond donors (Lipinski definition) is 0. The summed E-state index contributed by atoms with van der Waals surface area (Å²) in [6.45, 7) is 7.93. The fourth-order valence-electron chi connectivity index (χ4n) is 2.77. The molecule has 0 aromatic heterocycles. The normalized spacial score (nSPS) is 19.6. The standard InChI is InChI=1S/C17H23NO3S/c1-12(2)18(16-9-13(3)5-6-14(16)4)17(19)10-15-7-8-22(20,21)11-15/h5-9,12,15H,10-11H2,1-4H3/t15-/m0/s1. The number of carbonyl (C=O) groups is 1. The fourth-order valence-corrected chi connectivity index (χ4v) is 4.17. The first-order chi connectivity index (χ1) is 10.2. The van der Waals surface area contributed by atoms with E-state index in [0.717, 1.165) is 16.8 Å². The molecule has 0 N–H and O–H groups in total. The van der Waals surface area contributed by atoms with Crippen LogP contribution in [0.3, 0.4) is 0 Å². The predicted molar refractivity (Wildman–Crippen MR) is 89.6 cm³/mol. The summed E-state index contributed by atoms with van der Waals surface area (Å²) in [4.78, 5) is 14.5. The molecule has 1 atom stereocenters. The van der Waals surface area contributed by atoms with Crippen LogP contribution in [0.25, 0.3) is 0 Å². The third-order valence-corrected chi connectivity index (χ3v) is 5.32. The molecule has 1 aromatic carbocycles. The number of carbonyl (C=O) groups excluding carboxylic acids is 1. The lowest BCUT2D eigenvalue weighted by atomic mass is 10.0.